The molecule has 0 aliphatic rings. The molecule has 0 amide bonds. The fraction of sp³-hybridized carbons (Fsp3) is 0.714. The van der Waals surface area contributed by atoms with E-state index in [2.05, 4.69) is 32.9 Å². The summed E-state index contributed by atoms with van der Waals surface area (Å²) < 4.78 is 0. The van der Waals surface area contributed by atoms with E-state index in [-0.39, 0.29) is 0 Å². The van der Waals surface area contributed by atoms with Gasteiger partial charge in [-0.15, -0.1) is 11.6 Å². The molecule has 2 heteroatoms. The van der Waals surface area contributed by atoms with Crippen molar-refractivity contribution in [2.24, 2.45) is 5.73 Å². The Morgan fingerprint density at radius 3 is 1.78 bits per heavy atom. The Bertz CT molecular complexity index is 366. The summed E-state index contributed by atoms with van der Waals surface area (Å²) in [7, 11) is 0. The predicted octanol–water partition coefficient (Wildman–Crippen LogP) is 6.91. The van der Waals surface area contributed by atoms with Crippen LogP contribution in [0, 0.1) is 13.8 Å². The number of halogens is 1. The molecule has 0 fully saturated rings. The molecule has 0 aliphatic carbocycles. The molecule has 0 radical (unpaired) electrons. The van der Waals surface area contributed by atoms with Gasteiger partial charge in [-0.05, 0) is 43.5 Å². The van der Waals surface area contributed by atoms with Crippen LogP contribution in [0.15, 0.2) is 18.2 Å². The van der Waals surface area contributed by atoms with Crippen LogP contribution < -0.4 is 5.73 Å². The maximum Gasteiger partial charge on any atom is 0.0476 e. The second kappa shape index (κ2) is 16.3. The number of hydrogen-bond donors (Lipinski definition) is 1. The topological polar surface area (TPSA) is 26.0 Å². The zero-order chi connectivity index (χ0) is 17.3. The number of unbranched alkanes of at least 4 members (excludes halogenated alkanes) is 9. The molecule has 0 unspecified atom stereocenters. The standard InChI is InChI=1S/C12H27N.C9H11Cl/c1-2-3-4-5-6-7-8-9-10-11-12-13;1-7-4-3-5-9(6-10)8(7)2/h2-13H2,1H3;3-5H,6H2,1-2H3. The van der Waals surface area contributed by atoms with Crippen molar-refractivity contribution in [3.05, 3.63) is 34.9 Å². The summed E-state index contributed by atoms with van der Waals surface area (Å²) in [5.41, 5.74) is 9.30. The van der Waals surface area contributed by atoms with Crippen LogP contribution in [-0.2, 0) is 5.88 Å². The van der Waals surface area contributed by atoms with Gasteiger partial charge in [0.1, 0.15) is 0 Å². The third-order valence-corrected chi connectivity index (χ3v) is 4.71. The van der Waals surface area contributed by atoms with Gasteiger partial charge in [-0.25, -0.2) is 0 Å². The Balaban J connectivity index is 0.000000433. The number of benzene rings is 1. The molecule has 0 aliphatic heterocycles. The smallest absolute Gasteiger partial charge is 0.0476 e. The van der Waals surface area contributed by atoms with Gasteiger partial charge >= 0.3 is 0 Å². The van der Waals surface area contributed by atoms with Crippen LogP contribution in [0.3, 0.4) is 0 Å². The Kier molecular flexibility index (Phi) is 16.0. The van der Waals surface area contributed by atoms with Gasteiger partial charge in [-0.1, -0.05) is 82.9 Å². The zero-order valence-electron chi connectivity index (χ0n) is 15.7. The quantitative estimate of drug-likeness (QED) is 0.344. The molecule has 0 aromatic heterocycles. The fourth-order valence-electron chi connectivity index (χ4n) is 2.59. The van der Waals surface area contributed by atoms with E-state index in [1.54, 1.807) is 0 Å². The molecule has 134 valence electrons. The monoisotopic (exact) mass is 339 g/mol. The van der Waals surface area contributed by atoms with Crippen molar-refractivity contribution in [1.82, 2.24) is 0 Å². The second-order valence-corrected chi connectivity index (χ2v) is 6.73. The normalized spacial score (nSPS) is 10.3. The molecule has 0 saturated carbocycles. The van der Waals surface area contributed by atoms with Crippen molar-refractivity contribution in [1.29, 1.82) is 0 Å². The fourth-order valence-corrected chi connectivity index (χ4v) is 2.88. The lowest BCUT2D eigenvalue weighted by molar-refractivity contribution is 0.558. The van der Waals surface area contributed by atoms with E-state index in [0.717, 1.165) is 6.54 Å². The van der Waals surface area contributed by atoms with Crippen LogP contribution in [0.1, 0.15) is 87.8 Å². The van der Waals surface area contributed by atoms with E-state index in [0.29, 0.717) is 5.88 Å². The van der Waals surface area contributed by atoms with Gasteiger partial charge in [0.2, 0.25) is 0 Å². The minimum Gasteiger partial charge on any atom is -0.330 e. The van der Waals surface area contributed by atoms with Gasteiger partial charge < -0.3 is 5.73 Å². The van der Waals surface area contributed by atoms with E-state index < -0.39 is 0 Å². The average molecular weight is 340 g/mol. The summed E-state index contributed by atoms with van der Waals surface area (Å²) in [6.07, 6.45) is 13.9. The van der Waals surface area contributed by atoms with Crippen LogP contribution in [0.4, 0.5) is 0 Å². The number of nitrogens with two attached hydrogens (primary N) is 1. The van der Waals surface area contributed by atoms with Gasteiger partial charge in [0.05, 0.1) is 0 Å². The third kappa shape index (κ3) is 12.5. The lowest BCUT2D eigenvalue weighted by Gasteiger charge is -2.03. The van der Waals surface area contributed by atoms with E-state index in [4.69, 9.17) is 17.3 Å². The molecule has 1 aromatic carbocycles. The van der Waals surface area contributed by atoms with Crippen molar-refractivity contribution in [3.8, 4) is 0 Å². The first-order valence-electron chi connectivity index (χ1n) is 9.48. The summed E-state index contributed by atoms with van der Waals surface area (Å²) in [6.45, 7) is 7.35. The second-order valence-electron chi connectivity index (χ2n) is 6.46. The van der Waals surface area contributed by atoms with Crippen LogP contribution in [0.5, 0.6) is 0 Å². The van der Waals surface area contributed by atoms with Crippen LogP contribution in [-0.4, -0.2) is 6.54 Å². The number of rotatable bonds is 11. The summed E-state index contributed by atoms with van der Waals surface area (Å²) in [5, 5.41) is 0. The average Bonchev–Trinajstić information content (AvgIpc) is 2.56. The summed E-state index contributed by atoms with van der Waals surface area (Å²) in [5.74, 6) is 0.619. The molecule has 0 atom stereocenters. The first-order valence-corrected chi connectivity index (χ1v) is 10.0. The Morgan fingerprint density at radius 1 is 0.826 bits per heavy atom. The minimum atomic E-state index is 0.619. The highest BCUT2D eigenvalue weighted by Crippen LogP contribution is 2.14. The van der Waals surface area contributed by atoms with Gasteiger partial charge in [-0.3, -0.25) is 0 Å². The maximum atomic E-state index is 5.70. The first kappa shape index (κ1) is 22.5. The van der Waals surface area contributed by atoms with Crippen molar-refractivity contribution < 1.29 is 0 Å². The molecule has 1 aromatic rings. The van der Waals surface area contributed by atoms with Gasteiger partial charge in [-0.2, -0.15) is 0 Å². The SMILES string of the molecule is CCCCCCCCCCCCN.Cc1cccc(CCl)c1C. The predicted molar refractivity (Wildman–Crippen MR) is 106 cm³/mol. The lowest BCUT2D eigenvalue weighted by atomic mass is 10.1. The molecule has 2 N–H and O–H groups in total. The van der Waals surface area contributed by atoms with Crippen molar-refractivity contribution in [2.45, 2.75) is 90.9 Å². The van der Waals surface area contributed by atoms with Crippen LogP contribution >= 0.6 is 11.6 Å². The van der Waals surface area contributed by atoms with Gasteiger partial charge in [0.15, 0.2) is 0 Å². The highest BCUT2D eigenvalue weighted by atomic mass is 35.5. The molecule has 0 saturated heterocycles. The third-order valence-electron chi connectivity index (χ3n) is 4.42. The largest absolute Gasteiger partial charge is 0.330 e. The van der Waals surface area contributed by atoms with Crippen LogP contribution in [0.25, 0.3) is 0 Å². The number of hydrogen-bond acceptors (Lipinski definition) is 1. The van der Waals surface area contributed by atoms with Crippen molar-refractivity contribution in [3.63, 3.8) is 0 Å². The Hall–Kier alpha value is -0.530. The molecule has 0 bridgehead atoms. The van der Waals surface area contributed by atoms with Gasteiger partial charge in [0.25, 0.3) is 0 Å². The number of alkyl halides is 1. The first-order chi connectivity index (χ1) is 11.2. The highest BCUT2D eigenvalue weighted by Gasteiger charge is 1.96. The summed E-state index contributed by atoms with van der Waals surface area (Å²) in [4.78, 5) is 0. The lowest BCUT2D eigenvalue weighted by Crippen LogP contribution is -1.97. The van der Waals surface area contributed by atoms with Gasteiger partial charge in [0, 0.05) is 5.88 Å². The van der Waals surface area contributed by atoms with E-state index in [1.165, 1.54) is 80.9 Å². The highest BCUT2D eigenvalue weighted by molar-refractivity contribution is 6.17. The van der Waals surface area contributed by atoms with Crippen molar-refractivity contribution in [2.75, 3.05) is 6.54 Å². The molecule has 1 rings (SSSR count). The van der Waals surface area contributed by atoms with E-state index in [9.17, 15) is 0 Å². The molecular formula is C21H38ClN. The molecular weight excluding hydrogens is 302 g/mol. The van der Waals surface area contributed by atoms with Crippen LogP contribution in [0.2, 0.25) is 0 Å². The van der Waals surface area contributed by atoms with E-state index >= 15 is 0 Å². The Labute approximate surface area is 150 Å². The number of aryl methyl sites for hydroxylation is 1. The summed E-state index contributed by atoms with van der Waals surface area (Å²) >= 11 is 5.70. The Morgan fingerprint density at radius 2 is 1.35 bits per heavy atom. The minimum absolute atomic E-state index is 0.619. The maximum absolute atomic E-state index is 5.70. The van der Waals surface area contributed by atoms with E-state index in [1.807, 2.05) is 6.07 Å². The molecule has 0 spiro atoms. The molecule has 0 heterocycles. The zero-order valence-corrected chi connectivity index (χ0v) is 16.4. The molecule has 23 heavy (non-hydrogen) atoms. The summed E-state index contributed by atoms with van der Waals surface area (Å²) in [6, 6.07) is 6.21. The van der Waals surface area contributed by atoms with Crippen molar-refractivity contribution >= 4 is 11.6 Å². The molecule has 1 nitrogen and oxygen atoms in total.